The number of hydrogen-bond donors (Lipinski definition) is 1. The van der Waals surface area contributed by atoms with Gasteiger partial charge in [0.2, 0.25) is 0 Å². The molecule has 0 heterocycles. The van der Waals surface area contributed by atoms with E-state index < -0.39 is 23.3 Å². The van der Waals surface area contributed by atoms with Crippen LogP contribution in [0.3, 0.4) is 0 Å². The first-order valence-electron chi connectivity index (χ1n) is 4.30. The van der Waals surface area contributed by atoms with Crippen LogP contribution in [-0.4, -0.2) is 29.9 Å². The van der Waals surface area contributed by atoms with Crippen molar-refractivity contribution >= 4 is 23.5 Å². The minimum atomic E-state index is -3.96. The van der Waals surface area contributed by atoms with E-state index in [9.17, 15) is 18.4 Å². The van der Waals surface area contributed by atoms with Gasteiger partial charge in [-0.1, -0.05) is 0 Å². The molecule has 0 aliphatic heterocycles. The van der Waals surface area contributed by atoms with Crippen molar-refractivity contribution in [1.82, 2.24) is 5.32 Å². The summed E-state index contributed by atoms with van der Waals surface area (Å²) in [5, 5.41) is -2.07. The fourth-order valence-electron chi connectivity index (χ4n) is 0.827. The van der Waals surface area contributed by atoms with Crippen molar-refractivity contribution in [3.8, 4) is 0 Å². The highest BCUT2D eigenvalue weighted by Gasteiger charge is 2.36. The molecule has 1 amide bonds. The summed E-state index contributed by atoms with van der Waals surface area (Å²) < 4.78 is 29.0. The predicted molar refractivity (Wildman–Crippen MR) is 49.7 cm³/mol. The molecule has 0 aromatic heterocycles. The number of ether oxygens (including phenoxy) is 1. The lowest BCUT2D eigenvalue weighted by Gasteiger charge is -2.14. The normalized spacial score (nSPS) is 13.1. The molecule has 88 valence electrons. The Morgan fingerprint density at radius 1 is 1.53 bits per heavy atom. The molecule has 0 fully saturated rings. The SMILES string of the molecule is CCOC(=O)CC(C)NC(=O)C(F)(F)Cl. The predicted octanol–water partition coefficient (Wildman–Crippen LogP) is 1.28. The largest absolute Gasteiger partial charge is 0.466 e. The number of carbonyl (C=O) groups excluding carboxylic acids is 2. The first kappa shape index (κ1) is 14.1. The fourth-order valence-corrected chi connectivity index (χ4v) is 0.881. The van der Waals surface area contributed by atoms with Crippen molar-refractivity contribution < 1.29 is 23.1 Å². The van der Waals surface area contributed by atoms with Gasteiger partial charge in [0.25, 0.3) is 0 Å². The van der Waals surface area contributed by atoms with Gasteiger partial charge in [-0.15, -0.1) is 0 Å². The number of rotatable bonds is 5. The van der Waals surface area contributed by atoms with Crippen LogP contribution in [0.2, 0.25) is 0 Å². The molecule has 0 saturated carbocycles. The topological polar surface area (TPSA) is 55.4 Å². The quantitative estimate of drug-likeness (QED) is 0.585. The van der Waals surface area contributed by atoms with Gasteiger partial charge in [0, 0.05) is 6.04 Å². The van der Waals surface area contributed by atoms with Crippen molar-refractivity contribution in [2.75, 3.05) is 6.61 Å². The highest BCUT2D eigenvalue weighted by Crippen LogP contribution is 2.18. The molecule has 7 heteroatoms. The lowest BCUT2D eigenvalue weighted by atomic mass is 10.2. The zero-order chi connectivity index (χ0) is 12.1. The molecule has 0 rings (SSSR count). The Labute approximate surface area is 90.9 Å². The number of halogens is 3. The summed E-state index contributed by atoms with van der Waals surface area (Å²) in [6.45, 7) is 3.22. The maximum absolute atomic E-state index is 12.2. The standard InChI is InChI=1S/C8H12ClF2NO3/c1-3-15-6(13)4-5(2)12-7(14)8(9,10)11/h5H,3-4H2,1-2H3,(H,12,14). The van der Waals surface area contributed by atoms with Crippen molar-refractivity contribution in [3.63, 3.8) is 0 Å². The lowest BCUT2D eigenvalue weighted by molar-refractivity contribution is -0.144. The van der Waals surface area contributed by atoms with Gasteiger partial charge in [0.05, 0.1) is 13.0 Å². The molecule has 1 unspecified atom stereocenters. The summed E-state index contributed by atoms with van der Waals surface area (Å²) in [5.41, 5.74) is 0. The maximum atomic E-state index is 12.2. The Hall–Kier alpha value is -0.910. The minimum absolute atomic E-state index is 0.174. The number of nitrogens with one attached hydrogen (secondary N) is 1. The van der Waals surface area contributed by atoms with E-state index in [4.69, 9.17) is 0 Å². The Kier molecular flexibility index (Phi) is 5.49. The van der Waals surface area contributed by atoms with E-state index in [-0.39, 0.29) is 13.0 Å². The average molecular weight is 244 g/mol. The highest BCUT2D eigenvalue weighted by atomic mass is 35.5. The number of alkyl halides is 3. The van der Waals surface area contributed by atoms with Crippen LogP contribution in [0.1, 0.15) is 20.3 Å². The molecule has 4 nitrogen and oxygen atoms in total. The van der Waals surface area contributed by atoms with Crippen LogP contribution in [0.5, 0.6) is 0 Å². The van der Waals surface area contributed by atoms with E-state index >= 15 is 0 Å². The van der Waals surface area contributed by atoms with Gasteiger partial charge in [-0.05, 0) is 25.4 Å². The summed E-state index contributed by atoms with van der Waals surface area (Å²) in [5.74, 6) is -2.19. The molecule has 0 spiro atoms. The van der Waals surface area contributed by atoms with Crippen molar-refractivity contribution in [2.45, 2.75) is 31.7 Å². The Morgan fingerprint density at radius 3 is 2.47 bits per heavy atom. The van der Waals surface area contributed by atoms with Gasteiger partial charge in [-0.25, -0.2) is 0 Å². The molecule has 15 heavy (non-hydrogen) atoms. The van der Waals surface area contributed by atoms with E-state index in [2.05, 4.69) is 16.3 Å². The van der Waals surface area contributed by atoms with E-state index in [1.807, 2.05) is 5.32 Å². The van der Waals surface area contributed by atoms with Crippen LogP contribution >= 0.6 is 11.6 Å². The molecule has 0 bridgehead atoms. The third-order valence-electron chi connectivity index (χ3n) is 1.41. The zero-order valence-electron chi connectivity index (χ0n) is 8.35. The minimum Gasteiger partial charge on any atom is -0.466 e. The first-order chi connectivity index (χ1) is 6.77. The molecule has 0 aromatic carbocycles. The molecule has 0 saturated heterocycles. The summed E-state index contributed by atoms with van der Waals surface area (Å²) in [7, 11) is 0. The molecule has 1 N–H and O–H groups in total. The summed E-state index contributed by atoms with van der Waals surface area (Å²) in [4.78, 5) is 21.6. The van der Waals surface area contributed by atoms with Crippen LogP contribution in [0.4, 0.5) is 8.78 Å². The van der Waals surface area contributed by atoms with Gasteiger partial charge >= 0.3 is 17.3 Å². The third kappa shape index (κ3) is 6.22. The Morgan fingerprint density at radius 2 is 2.07 bits per heavy atom. The maximum Gasteiger partial charge on any atom is 0.399 e. The molecular weight excluding hydrogens is 232 g/mol. The number of hydrogen-bond acceptors (Lipinski definition) is 3. The summed E-state index contributed by atoms with van der Waals surface area (Å²) in [6.07, 6.45) is -0.174. The van der Waals surface area contributed by atoms with E-state index in [0.29, 0.717) is 0 Å². The van der Waals surface area contributed by atoms with Gasteiger partial charge < -0.3 is 10.1 Å². The number of amides is 1. The second-order valence-electron chi connectivity index (χ2n) is 2.88. The summed E-state index contributed by atoms with van der Waals surface area (Å²) >= 11 is 4.46. The number of carbonyl (C=O) groups is 2. The van der Waals surface area contributed by atoms with Gasteiger partial charge in [-0.2, -0.15) is 8.78 Å². The van der Waals surface area contributed by atoms with Crippen LogP contribution < -0.4 is 5.32 Å². The van der Waals surface area contributed by atoms with Crippen LogP contribution in [0.25, 0.3) is 0 Å². The second kappa shape index (κ2) is 5.85. The van der Waals surface area contributed by atoms with Crippen molar-refractivity contribution in [1.29, 1.82) is 0 Å². The van der Waals surface area contributed by atoms with Crippen molar-refractivity contribution in [2.24, 2.45) is 0 Å². The smallest absolute Gasteiger partial charge is 0.399 e. The van der Waals surface area contributed by atoms with Gasteiger partial charge in [-0.3, -0.25) is 9.59 Å². The second-order valence-corrected chi connectivity index (χ2v) is 3.36. The third-order valence-corrected chi connectivity index (χ3v) is 1.58. The molecule has 0 aliphatic rings. The van der Waals surface area contributed by atoms with Gasteiger partial charge in [0.1, 0.15) is 0 Å². The van der Waals surface area contributed by atoms with Gasteiger partial charge in [0.15, 0.2) is 0 Å². The van der Waals surface area contributed by atoms with E-state index in [1.165, 1.54) is 6.92 Å². The fraction of sp³-hybridized carbons (Fsp3) is 0.750. The monoisotopic (exact) mass is 243 g/mol. The van der Waals surface area contributed by atoms with Crippen LogP contribution in [0, 0.1) is 0 Å². The zero-order valence-corrected chi connectivity index (χ0v) is 9.11. The van der Waals surface area contributed by atoms with Crippen LogP contribution in [0.15, 0.2) is 0 Å². The summed E-state index contributed by atoms with van der Waals surface area (Å²) in [6, 6.07) is -0.749. The molecule has 1 atom stereocenters. The van der Waals surface area contributed by atoms with Crippen molar-refractivity contribution in [3.05, 3.63) is 0 Å². The Balaban J connectivity index is 3.99. The first-order valence-corrected chi connectivity index (χ1v) is 4.68. The molecule has 0 aromatic rings. The molecular formula is C8H12ClF2NO3. The van der Waals surface area contributed by atoms with E-state index in [1.54, 1.807) is 6.92 Å². The van der Waals surface area contributed by atoms with E-state index in [0.717, 1.165) is 0 Å². The molecule has 0 radical (unpaired) electrons. The van der Waals surface area contributed by atoms with Crippen LogP contribution in [-0.2, 0) is 14.3 Å². The molecule has 0 aliphatic carbocycles. The number of esters is 1. The Bertz CT molecular complexity index is 243. The lowest BCUT2D eigenvalue weighted by Crippen LogP contribution is -2.42. The average Bonchev–Trinajstić information content (AvgIpc) is 2.01. The highest BCUT2D eigenvalue weighted by molar-refractivity contribution is 6.32.